The van der Waals surface area contributed by atoms with Gasteiger partial charge in [0.25, 0.3) is 0 Å². The Hall–Kier alpha value is -2.26. The Morgan fingerprint density at radius 1 is 1.32 bits per heavy atom. The van der Waals surface area contributed by atoms with E-state index in [-0.39, 0.29) is 12.7 Å². The van der Waals surface area contributed by atoms with Gasteiger partial charge in [0.05, 0.1) is 19.3 Å². The van der Waals surface area contributed by atoms with Crippen LogP contribution in [0, 0.1) is 12.3 Å². The number of anilines is 3. The van der Waals surface area contributed by atoms with Gasteiger partial charge in [-0.25, -0.2) is 9.97 Å². The normalized spacial score (nSPS) is 20.0. The second-order valence-electron chi connectivity index (χ2n) is 8.03. The minimum Gasteiger partial charge on any atom is -0.394 e. The van der Waals surface area contributed by atoms with Gasteiger partial charge >= 0.3 is 0 Å². The number of aromatic nitrogens is 2. The summed E-state index contributed by atoms with van der Waals surface area (Å²) in [7, 11) is 0. The van der Waals surface area contributed by atoms with Gasteiger partial charge in [0.2, 0.25) is 0 Å². The lowest BCUT2D eigenvalue weighted by molar-refractivity contribution is 0.00335. The summed E-state index contributed by atoms with van der Waals surface area (Å²) in [5, 5.41) is 24.8. The Morgan fingerprint density at radius 3 is 2.87 bits per heavy atom. The third-order valence-corrected chi connectivity index (χ3v) is 6.18. The maximum atomic E-state index is 9.44. The predicted molar refractivity (Wildman–Crippen MR) is 123 cm³/mol. The van der Waals surface area contributed by atoms with Crippen LogP contribution in [0.2, 0.25) is 5.02 Å². The third kappa shape index (κ3) is 5.15. The molecule has 1 aromatic heterocycles. The summed E-state index contributed by atoms with van der Waals surface area (Å²) < 4.78 is 5.55. The number of ether oxygens (including phenoxy) is 1. The molecule has 4 N–H and O–H groups in total. The van der Waals surface area contributed by atoms with Gasteiger partial charge in [-0.2, -0.15) is 0 Å². The average Bonchev–Trinajstić information content (AvgIpc) is 2.80. The molecule has 4 rings (SSSR count). The maximum absolute atomic E-state index is 9.44. The molecule has 31 heavy (non-hydrogen) atoms. The zero-order valence-electron chi connectivity index (χ0n) is 17.7. The number of aliphatic hydroxyl groups is 1. The number of benzene rings is 1. The second-order valence-corrected chi connectivity index (χ2v) is 8.44. The number of aliphatic hydroxyl groups excluding tert-OH is 1. The van der Waals surface area contributed by atoms with E-state index >= 15 is 0 Å². The fourth-order valence-corrected chi connectivity index (χ4v) is 4.56. The van der Waals surface area contributed by atoms with E-state index in [1.54, 1.807) is 0 Å². The number of nitrogens with zero attached hydrogens (tertiary/aromatic N) is 3. The summed E-state index contributed by atoms with van der Waals surface area (Å²) >= 11 is 6.58. The molecule has 8 nitrogen and oxygen atoms in total. The molecule has 166 valence electrons. The molecule has 1 atom stereocenters. The Bertz CT molecular complexity index is 934. The van der Waals surface area contributed by atoms with Gasteiger partial charge in [0.15, 0.2) is 0 Å². The van der Waals surface area contributed by atoms with E-state index in [0.717, 1.165) is 43.0 Å². The first kappa shape index (κ1) is 22.0. The standard InChI is InChI=1S/C22H29ClN6O2/c1-14-26-21(10-22(27-14)29-6-7-31-17(12-29)13-30)28-20-9-18(15-2-4-25-5-3-15)19(23)8-16(20)11-24/h8-11,15,17,24-25,30H,2-7,12-13H2,1H3,(H,26,27,28). The summed E-state index contributed by atoms with van der Waals surface area (Å²) in [5.41, 5.74) is 2.64. The van der Waals surface area contributed by atoms with Crippen LogP contribution in [0.3, 0.4) is 0 Å². The number of aryl methyl sites for hydroxylation is 1. The van der Waals surface area contributed by atoms with Crippen LogP contribution in [-0.4, -0.2) is 66.8 Å². The van der Waals surface area contributed by atoms with Gasteiger partial charge in [0.1, 0.15) is 17.5 Å². The first-order chi connectivity index (χ1) is 15.1. The summed E-state index contributed by atoms with van der Waals surface area (Å²) in [6.07, 6.45) is 3.18. The predicted octanol–water partition coefficient (Wildman–Crippen LogP) is 2.84. The monoisotopic (exact) mass is 444 g/mol. The van der Waals surface area contributed by atoms with E-state index < -0.39 is 0 Å². The number of nitrogens with one attached hydrogen (secondary N) is 3. The summed E-state index contributed by atoms with van der Waals surface area (Å²) in [4.78, 5) is 11.2. The molecular weight excluding hydrogens is 416 g/mol. The van der Waals surface area contributed by atoms with E-state index in [1.807, 2.05) is 19.1 Å². The fraction of sp³-hybridized carbons (Fsp3) is 0.500. The summed E-state index contributed by atoms with van der Waals surface area (Å²) in [5.74, 6) is 2.51. The summed E-state index contributed by atoms with van der Waals surface area (Å²) in [6, 6.07) is 5.82. The van der Waals surface area contributed by atoms with Gasteiger partial charge in [-0.05, 0) is 56.5 Å². The van der Waals surface area contributed by atoms with E-state index in [9.17, 15) is 5.11 Å². The largest absolute Gasteiger partial charge is 0.394 e. The van der Waals surface area contributed by atoms with Gasteiger partial charge in [0, 0.05) is 41.6 Å². The molecule has 2 fully saturated rings. The minimum absolute atomic E-state index is 0.0153. The maximum Gasteiger partial charge on any atom is 0.136 e. The van der Waals surface area contributed by atoms with Crippen molar-refractivity contribution < 1.29 is 9.84 Å². The number of rotatable bonds is 6. The van der Waals surface area contributed by atoms with Crippen LogP contribution in [0.1, 0.15) is 35.7 Å². The Balaban J connectivity index is 1.62. The van der Waals surface area contributed by atoms with Crippen LogP contribution in [0.25, 0.3) is 0 Å². The molecule has 2 aliphatic heterocycles. The van der Waals surface area contributed by atoms with Crippen LogP contribution in [0.5, 0.6) is 0 Å². The van der Waals surface area contributed by atoms with Crippen molar-refractivity contribution in [1.82, 2.24) is 15.3 Å². The van der Waals surface area contributed by atoms with Gasteiger partial charge in [-0.3, -0.25) is 0 Å². The molecule has 2 aromatic rings. The number of hydrogen-bond donors (Lipinski definition) is 4. The smallest absolute Gasteiger partial charge is 0.136 e. The highest BCUT2D eigenvalue weighted by molar-refractivity contribution is 6.32. The minimum atomic E-state index is -0.214. The highest BCUT2D eigenvalue weighted by Crippen LogP contribution is 2.35. The molecule has 1 aromatic carbocycles. The van der Waals surface area contributed by atoms with Gasteiger partial charge in [-0.15, -0.1) is 0 Å². The topological polar surface area (TPSA) is 106 Å². The van der Waals surface area contributed by atoms with Crippen molar-refractivity contribution in [3.05, 3.63) is 40.2 Å². The van der Waals surface area contributed by atoms with E-state index in [1.165, 1.54) is 6.21 Å². The number of morpholine rings is 1. The second kappa shape index (κ2) is 9.91. The molecule has 1 unspecified atom stereocenters. The lowest BCUT2D eigenvalue weighted by Gasteiger charge is -2.33. The first-order valence-electron chi connectivity index (χ1n) is 10.7. The quantitative estimate of drug-likeness (QED) is 0.507. The van der Waals surface area contributed by atoms with Crippen LogP contribution in [0.4, 0.5) is 17.3 Å². The number of hydrogen-bond acceptors (Lipinski definition) is 8. The van der Waals surface area contributed by atoms with Crippen molar-refractivity contribution in [2.75, 3.05) is 49.6 Å². The lowest BCUT2D eigenvalue weighted by Crippen LogP contribution is -2.44. The number of halogens is 1. The summed E-state index contributed by atoms with van der Waals surface area (Å²) in [6.45, 7) is 5.65. The van der Waals surface area contributed by atoms with E-state index in [2.05, 4.69) is 31.6 Å². The molecule has 0 saturated carbocycles. The zero-order chi connectivity index (χ0) is 21.8. The van der Waals surface area contributed by atoms with Crippen molar-refractivity contribution in [3.63, 3.8) is 0 Å². The van der Waals surface area contributed by atoms with Crippen molar-refractivity contribution in [1.29, 1.82) is 5.41 Å². The SMILES string of the molecule is Cc1nc(Nc2cc(C3CCNCC3)c(Cl)cc2C=N)cc(N2CCOC(CO)C2)n1. The highest BCUT2D eigenvalue weighted by Gasteiger charge is 2.23. The third-order valence-electron chi connectivity index (χ3n) is 5.86. The van der Waals surface area contributed by atoms with Crippen molar-refractivity contribution in [2.45, 2.75) is 31.8 Å². The van der Waals surface area contributed by atoms with Crippen LogP contribution < -0.4 is 15.5 Å². The Kier molecular flexibility index (Phi) is 7.02. The molecule has 2 aliphatic rings. The van der Waals surface area contributed by atoms with Crippen molar-refractivity contribution >= 4 is 35.1 Å². The van der Waals surface area contributed by atoms with Crippen LogP contribution >= 0.6 is 11.6 Å². The Labute approximate surface area is 187 Å². The van der Waals surface area contributed by atoms with Gasteiger partial charge < -0.3 is 30.8 Å². The van der Waals surface area contributed by atoms with Crippen LogP contribution in [0.15, 0.2) is 18.2 Å². The first-order valence-corrected chi connectivity index (χ1v) is 11.1. The lowest BCUT2D eigenvalue weighted by atomic mass is 9.89. The molecule has 0 amide bonds. The molecule has 2 saturated heterocycles. The van der Waals surface area contributed by atoms with E-state index in [0.29, 0.717) is 47.8 Å². The van der Waals surface area contributed by atoms with Crippen molar-refractivity contribution in [3.8, 4) is 0 Å². The van der Waals surface area contributed by atoms with Crippen molar-refractivity contribution in [2.24, 2.45) is 0 Å². The highest BCUT2D eigenvalue weighted by atomic mass is 35.5. The average molecular weight is 445 g/mol. The van der Waals surface area contributed by atoms with Crippen LogP contribution in [-0.2, 0) is 4.74 Å². The molecule has 9 heteroatoms. The molecule has 3 heterocycles. The molecule has 0 spiro atoms. The van der Waals surface area contributed by atoms with Gasteiger partial charge in [-0.1, -0.05) is 11.6 Å². The fourth-order valence-electron chi connectivity index (χ4n) is 4.23. The van der Waals surface area contributed by atoms with E-state index in [4.69, 9.17) is 21.7 Å². The molecule has 0 bridgehead atoms. The Morgan fingerprint density at radius 2 is 2.13 bits per heavy atom. The molecular formula is C22H29ClN6O2. The zero-order valence-corrected chi connectivity index (χ0v) is 18.5. The molecule has 0 aliphatic carbocycles. The molecule has 0 radical (unpaired) electrons. The number of piperidine rings is 1.